The van der Waals surface area contributed by atoms with Gasteiger partial charge in [-0.25, -0.2) is 4.39 Å². The molecule has 0 unspecified atom stereocenters. The first-order valence-electron chi connectivity index (χ1n) is 11.6. The summed E-state index contributed by atoms with van der Waals surface area (Å²) in [7, 11) is 0. The molecular weight excluding hydrogens is 453 g/mol. The highest BCUT2D eigenvalue weighted by Crippen LogP contribution is 2.56. The van der Waals surface area contributed by atoms with Crippen molar-refractivity contribution in [3.05, 3.63) is 71.0 Å². The third-order valence-electron chi connectivity index (χ3n) is 6.72. The van der Waals surface area contributed by atoms with E-state index in [1.165, 1.54) is 12.1 Å². The van der Waals surface area contributed by atoms with Crippen molar-refractivity contribution >= 4 is 29.5 Å². The lowest BCUT2D eigenvalue weighted by atomic mass is 9.95. The van der Waals surface area contributed by atoms with Crippen molar-refractivity contribution in [2.45, 2.75) is 62.9 Å². The fourth-order valence-corrected chi connectivity index (χ4v) is 6.23. The molecule has 3 amide bonds. The van der Waals surface area contributed by atoms with E-state index < -0.39 is 16.8 Å². The van der Waals surface area contributed by atoms with Gasteiger partial charge in [-0.1, -0.05) is 50.6 Å². The molecule has 2 aromatic carbocycles. The van der Waals surface area contributed by atoms with E-state index in [1.54, 1.807) is 34.9 Å². The summed E-state index contributed by atoms with van der Waals surface area (Å²) in [6.07, 6.45) is 0.689. The second-order valence-electron chi connectivity index (χ2n) is 9.49. The fraction of sp³-hybridized carbons (Fsp3) is 0.423. The lowest BCUT2D eigenvalue weighted by Gasteiger charge is -2.32. The van der Waals surface area contributed by atoms with Crippen molar-refractivity contribution < 1.29 is 18.8 Å². The number of halogens is 1. The van der Waals surface area contributed by atoms with Crippen LogP contribution in [0.1, 0.15) is 61.0 Å². The van der Waals surface area contributed by atoms with Crippen molar-refractivity contribution in [3.63, 3.8) is 0 Å². The molecule has 0 aliphatic carbocycles. The number of carbonyl (C=O) groups is 3. The average Bonchev–Trinajstić information content (AvgIpc) is 3.25. The molecule has 1 saturated heterocycles. The molecule has 34 heavy (non-hydrogen) atoms. The first-order valence-corrected chi connectivity index (χ1v) is 12.4. The Kier molecular flexibility index (Phi) is 6.71. The third-order valence-corrected chi connectivity index (χ3v) is 8.25. The number of carbonyl (C=O) groups excluding carboxylic acids is 3. The molecule has 2 heterocycles. The molecule has 0 bridgehead atoms. The number of benzene rings is 2. The van der Waals surface area contributed by atoms with Gasteiger partial charge in [-0.15, -0.1) is 11.8 Å². The Balaban J connectivity index is 1.51. The van der Waals surface area contributed by atoms with Gasteiger partial charge in [0.25, 0.3) is 5.91 Å². The van der Waals surface area contributed by atoms with Gasteiger partial charge in [-0.05, 0) is 49.1 Å². The highest BCUT2D eigenvalue weighted by molar-refractivity contribution is 8.01. The predicted molar refractivity (Wildman–Crippen MR) is 130 cm³/mol. The first-order chi connectivity index (χ1) is 16.1. The van der Waals surface area contributed by atoms with Crippen LogP contribution in [0.5, 0.6) is 0 Å². The van der Waals surface area contributed by atoms with Crippen LogP contribution >= 0.6 is 11.8 Å². The molecule has 4 atom stereocenters. The van der Waals surface area contributed by atoms with E-state index in [2.05, 4.69) is 10.6 Å². The minimum Gasteiger partial charge on any atom is -0.350 e. The number of hydrogen-bond acceptors (Lipinski definition) is 4. The minimum atomic E-state index is -0.752. The lowest BCUT2D eigenvalue weighted by molar-refractivity contribution is -0.133. The first kappa shape index (κ1) is 24.3. The van der Waals surface area contributed by atoms with Crippen LogP contribution in [-0.2, 0) is 16.1 Å². The molecule has 0 saturated carbocycles. The molecule has 2 N–H and O–H groups in total. The van der Waals surface area contributed by atoms with E-state index in [4.69, 9.17) is 0 Å². The minimum absolute atomic E-state index is 0.114. The number of nitrogens with one attached hydrogen (secondary N) is 2. The normalized spacial score (nSPS) is 22.0. The topological polar surface area (TPSA) is 78.5 Å². The third kappa shape index (κ3) is 4.43. The highest BCUT2D eigenvalue weighted by Gasteiger charge is 2.57. The van der Waals surface area contributed by atoms with Crippen LogP contribution in [0, 0.1) is 11.7 Å². The van der Waals surface area contributed by atoms with Gasteiger partial charge in [0.05, 0.1) is 0 Å². The van der Waals surface area contributed by atoms with Gasteiger partial charge in [-0.2, -0.15) is 0 Å². The zero-order valence-electron chi connectivity index (χ0n) is 19.8. The molecular formula is C26H30FN3O3S. The average molecular weight is 484 g/mol. The van der Waals surface area contributed by atoms with Crippen LogP contribution < -0.4 is 10.6 Å². The molecule has 180 valence electrons. The van der Waals surface area contributed by atoms with Crippen molar-refractivity contribution in [1.82, 2.24) is 15.5 Å². The summed E-state index contributed by atoms with van der Waals surface area (Å²) in [6, 6.07) is 11.9. The number of amides is 3. The number of hydrogen-bond donors (Lipinski definition) is 2. The molecule has 8 heteroatoms. The van der Waals surface area contributed by atoms with E-state index in [9.17, 15) is 18.8 Å². The second-order valence-corrected chi connectivity index (χ2v) is 11.2. The zero-order chi connectivity index (χ0) is 24.6. The van der Waals surface area contributed by atoms with E-state index in [0.29, 0.717) is 12.0 Å². The highest BCUT2D eigenvalue weighted by atomic mass is 32.2. The zero-order valence-corrected chi connectivity index (χ0v) is 20.6. The smallest absolute Gasteiger partial charge is 0.256 e. The van der Waals surface area contributed by atoms with Gasteiger partial charge >= 0.3 is 0 Å². The molecule has 1 fully saturated rings. The predicted octanol–water partition coefficient (Wildman–Crippen LogP) is 4.02. The maximum absolute atomic E-state index is 13.6. The fourth-order valence-electron chi connectivity index (χ4n) is 4.64. The summed E-state index contributed by atoms with van der Waals surface area (Å²) in [5.74, 6) is -1.24. The van der Waals surface area contributed by atoms with Gasteiger partial charge in [0, 0.05) is 16.9 Å². The number of fused-ring (bicyclic) bond motifs is 3. The summed E-state index contributed by atoms with van der Waals surface area (Å²) >= 11 is 1.59. The van der Waals surface area contributed by atoms with E-state index >= 15 is 0 Å². The standard InChI is InChI=1S/C26H30FN3O3S/c1-5-15(2)20(22(31)28-14-16-10-12-17(27)13-11-16)29-23(32)21-26(3,4)34-25-19-9-7-6-8-18(19)24(33)30(21)25/h6-13,15,20-21,25H,5,14H2,1-4H3,(H,28,31)(H,29,32)/t15-,20-,21+,25-/m0/s1. The van der Waals surface area contributed by atoms with Crippen molar-refractivity contribution in [2.75, 3.05) is 0 Å². The summed E-state index contributed by atoms with van der Waals surface area (Å²) in [6.45, 7) is 8.03. The molecule has 2 aliphatic heterocycles. The van der Waals surface area contributed by atoms with Crippen LogP contribution in [0.25, 0.3) is 0 Å². The SMILES string of the molecule is CC[C@H](C)[C@H](NC(=O)[C@H]1N2C(=O)c3ccccc3[C@@H]2SC1(C)C)C(=O)NCc1ccc(F)cc1. The molecule has 0 radical (unpaired) electrons. The monoisotopic (exact) mass is 483 g/mol. The quantitative estimate of drug-likeness (QED) is 0.624. The largest absolute Gasteiger partial charge is 0.350 e. The molecule has 2 aromatic rings. The Hall–Kier alpha value is -2.87. The summed E-state index contributed by atoms with van der Waals surface area (Å²) in [5.41, 5.74) is 2.32. The van der Waals surface area contributed by atoms with Crippen LogP contribution in [0.2, 0.25) is 0 Å². The Bertz CT molecular complexity index is 1100. The van der Waals surface area contributed by atoms with Gasteiger partial charge in [0.2, 0.25) is 11.8 Å². The van der Waals surface area contributed by atoms with E-state index in [1.807, 2.05) is 45.9 Å². The summed E-state index contributed by atoms with van der Waals surface area (Å²) in [5, 5.41) is 5.59. The van der Waals surface area contributed by atoms with Crippen LogP contribution in [0.3, 0.4) is 0 Å². The van der Waals surface area contributed by atoms with Gasteiger partial charge in [-0.3, -0.25) is 14.4 Å². The molecule has 4 rings (SSSR count). The number of thioether (sulfide) groups is 1. The maximum Gasteiger partial charge on any atom is 0.256 e. The van der Waals surface area contributed by atoms with Crippen molar-refractivity contribution in [2.24, 2.45) is 5.92 Å². The Morgan fingerprint density at radius 2 is 1.82 bits per heavy atom. The van der Waals surface area contributed by atoms with Crippen molar-refractivity contribution in [3.8, 4) is 0 Å². The lowest BCUT2D eigenvalue weighted by Crippen LogP contribution is -2.58. The van der Waals surface area contributed by atoms with E-state index in [-0.39, 0.29) is 41.4 Å². The van der Waals surface area contributed by atoms with Gasteiger partial charge in [0.1, 0.15) is 23.3 Å². The van der Waals surface area contributed by atoms with Gasteiger partial charge in [0.15, 0.2) is 0 Å². The van der Waals surface area contributed by atoms with E-state index in [0.717, 1.165) is 11.1 Å². The Morgan fingerprint density at radius 1 is 1.15 bits per heavy atom. The van der Waals surface area contributed by atoms with Crippen LogP contribution in [0.4, 0.5) is 4.39 Å². The summed E-state index contributed by atoms with van der Waals surface area (Å²) < 4.78 is 12.6. The van der Waals surface area contributed by atoms with Crippen LogP contribution in [-0.4, -0.2) is 39.5 Å². The van der Waals surface area contributed by atoms with Crippen LogP contribution in [0.15, 0.2) is 48.5 Å². The molecule has 0 aromatic heterocycles. The Labute approximate surface area is 203 Å². The summed E-state index contributed by atoms with van der Waals surface area (Å²) in [4.78, 5) is 41.5. The number of rotatable bonds is 7. The second kappa shape index (κ2) is 9.41. The Morgan fingerprint density at radius 3 is 2.50 bits per heavy atom. The van der Waals surface area contributed by atoms with Gasteiger partial charge < -0.3 is 15.5 Å². The molecule has 2 aliphatic rings. The number of nitrogens with zero attached hydrogens (tertiary/aromatic N) is 1. The van der Waals surface area contributed by atoms with Crippen molar-refractivity contribution in [1.29, 1.82) is 0 Å². The maximum atomic E-state index is 13.6. The molecule has 0 spiro atoms. The molecule has 6 nitrogen and oxygen atoms in total.